The number of benzene rings is 2. The molecule has 8 heteroatoms. The third-order valence-corrected chi connectivity index (χ3v) is 4.24. The van der Waals surface area contributed by atoms with Gasteiger partial charge in [-0.25, -0.2) is 14.2 Å². The maximum Gasteiger partial charge on any atom is 0.346 e. The molecule has 1 heterocycles. The average Bonchev–Trinajstić information content (AvgIpc) is 2.68. The van der Waals surface area contributed by atoms with Crippen LogP contribution in [-0.4, -0.2) is 17.1 Å². The molecule has 3 aromatic rings. The molecule has 3 rings (SSSR count). The van der Waals surface area contributed by atoms with E-state index >= 15 is 0 Å². The molecule has 0 aliphatic heterocycles. The van der Waals surface area contributed by atoms with Crippen molar-refractivity contribution in [3.05, 3.63) is 75.6 Å². The van der Waals surface area contributed by atoms with E-state index in [9.17, 15) is 9.18 Å². The van der Waals surface area contributed by atoms with E-state index in [1.54, 1.807) is 13.0 Å². The van der Waals surface area contributed by atoms with E-state index in [1.165, 1.54) is 24.4 Å². The van der Waals surface area contributed by atoms with Crippen LogP contribution in [0.15, 0.2) is 48.6 Å². The second kappa shape index (κ2) is 9.32. The molecule has 0 spiro atoms. The number of hydrogen-bond acceptors (Lipinski definition) is 5. The Morgan fingerprint density at radius 1 is 1.17 bits per heavy atom. The van der Waals surface area contributed by atoms with Gasteiger partial charge in [0.1, 0.15) is 17.3 Å². The molecular weight excluding hydrogens is 432 g/mol. The van der Waals surface area contributed by atoms with Gasteiger partial charge in [0.15, 0.2) is 5.75 Å². The Morgan fingerprint density at radius 3 is 2.63 bits per heavy atom. The van der Waals surface area contributed by atoms with Crippen molar-refractivity contribution < 1.29 is 24.8 Å². The van der Waals surface area contributed by atoms with Gasteiger partial charge in [0, 0.05) is 18.3 Å². The fourth-order valence-corrected chi connectivity index (χ4v) is 2.73. The van der Waals surface area contributed by atoms with Gasteiger partial charge in [-0.2, -0.15) is 0 Å². The lowest BCUT2D eigenvalue weighted by Gasteiger charge is -2.15. The Bertz CT molecular complexity index is 1140. The molecule has 0 fully saturated rings. The summed E-state index contributed by atoms with van der Waals surface area (Å²) in [5.74, 6) is -1.67. The van der Waals surface area contributed by atoms with Crippen molar-refractivity contribution in [2.45, 2.75) is 26.9 Å². The summed E-state index contributed by atoms with van der Waals surface area (Å²) in [6.45, 7) is 5.42. The molecule has 0 unspecified atom stereocenters. The first-order valence-corrected chi connectivity index (χ1v) is 9.68. The normalized spacial score (nSPS) is 11.2. The van der Waals surface area contributed by atoms with E-state index in [4.69, 9.17) is 38.8 Å². The summed E-state index contributed by atoms with van der Waals surface area (Å²) in [7, 11) is 0. The molecule has 0 atom stereocenters. The number of carbonyl (C=O) groups excluding carboxylic acids is 1. The lowest BCUT2D eigenvalue weighted by molar-refractivity contribution is 0.0730. The summed E-state index contributed by atoms with van der Waals surface area (Å²) in [6, 6.07) is 8.18. The second-order valence-electron chi connectivity index (χ2n) is 6.61. The van der Waals surface area contributed by atoms with E-state index in [0.29, 0.717) is 0 Å². The molecular formula is C22H18Cl2FNO4. The fourth-order valence-electron chi connectivity index (χ4n) is 2.38. The summed E-state index contributed by atoms with van der Waals surface area (Å²) < 4.78 is 38.9. The van der Waals surface area contributed by atoms with Crippen molar-refractivity contribution in [3.8, 4) is 23.1 Å². The number of carbonyl (C=O) groups is 1. The zero-order valence-electron chi connectivity index (χ0n) is 17.3. The highest BCUT2D eigenvalue weighted by Gasteiger charge is 2.20. The number of pyridine rings is 1. The van der Waals surface area contributed by atoms with Gasteiger partial charge in [-0.3, -0.25) is 0 Å². The number of halogens is 3. The number of nitrogens with zero attached hydrogens (tertiary/aromatic N) is 1. The van der Waals surface area contributed by atoms with Crippen LogP contribution >= 0.6 is 23.2 Å². The maximum atomic E-state index is 14.7. The molecule has 0 amide bonds. The van der Waals surface area contributed by atoms with Crippen molar-refractivity contribution in [3.63, 3.8) is 0 Å². The van der Waals surface area contributed by atoms with Crippen LogP contribution in [0.3, 0.4) is 0 Å². The largest absolute Gasteiger partial charge is 0.472 e. The predicted molar refractivity (Wildman–Crippen MR) is 113 cm³/mol. The molecule has 5 nitrogen and oxygen atoms in total. The van der Waals surface area contributed by atoms with Crippen LogP contribution in [0.2, 0.25) is 10.0 Å². The molecule has 0 saturated heterocycles. The van der Waals surface area contributed by atoms with E-state index in [2.05, 4.69) is 4.98 Å². The molecule has 2 aromatic carbocycles. The zero-order valence-corrected chi connectivity index (χ0v) is 17.8. The van der Waals surface area contributed by atoms with Crippen LogP contribution in [0.4, 0.5) is 4.39 Å². The van der Waals surface area contributed by atoms with Crippen molar-refractivity contribution in [2.75, 3.05) is 0 Å². The summed E-state index contributed by atoms with van der Waals surface area (Å²) in [5.41, 5.74) is 0.428. The average molecular weight is 451 g/mol. The van der Waals surface area contributed by atoms with Crippen LogP contribution in [0.1, 0.15) is 31.1 Å². The van der Waals surface area contributed by atoms with Crippen molar-refractivity contribution in [2.24, 2.45) is 0 Å². The van der Waals surface area contributed by atoms with E-state index in [1.807, 2.05) is 13.8 Å². The Morgan fingerprint density at radius 2 is 1.93 bits per heavy atom. The number of aryl methyl sites for hydroxylation is 1. The number of aromatic nitrogens is 1. The van der Waals surface area contributed by atoms with Crippen molar-refractivity contribution in [1.29, 1.82) is 0 Å². The van der Waals surface area contributed by atoms with Crippen molar-refractivity contribution >= 4 is 29.2 Å². The molecule has 0 saturated carbocycles. The number of rotatable bonds is 6. The number of hydrogen-bond donors (Lipinski definition) is 0. The van der Waals surface area contributed by atoms with Gasteiger partial charge in [0.25, 0.3) is 5.88 Å². The Labute approximate surface area is 184 Å². The molecule has 0 aliphatic rings. The third-order valence-electron chi connectivity index (χ3n) is 3.74. The minimum absolute atomic E-state index is 0.00551. The quantitative estimate of drug-likeness (QED) is 0.311. The Kier molecular flexibility index (Phi) is 6.35. The van der Waals surface area contributed by atoms with Gasteiger partial charge in [0.05, 0.1) is 23.1 Å². The van der Waals surface area contributed by atoms with E-state index in [0.717, 1.165) is 17.7 Å². The number of esters is 1. The van der Waals surface area contributed by atoms with Crippen molar-refractivity contribution in [1.82, 2.24) is 4.98 Å². The first kappa shape index (κ1) is 20.4. The molecule has 156 valence electrons. The molecule has 1 aromatic heterocycles. The highest BCUT2D eigenvalue weighted by molar-refractivity contribution is 6.32. The molecule has 30 heavy (non-hydrogen) atoms. The van der Waals surface area contributed by atoms with E-state index in [-0.39, 0.29) is 45.3 Å². The van der Waals surface area contributed by atoms with E-state index < -0.39 is 17.3 Å². The lowest BCUT2D eigenvalue weighted by Crippen LogP contribution is -2.11. The monoisotopic (exact) mass is 450 g/mol. The second-order valence-corrected chi connectivity index (χ2v) is 7.45. The van der Waals surface area contributed by atoms with Gasteiger partial charge in [-0.05, 0) is 38.9 Å². The maximum absolute atomic E-state index is 14.7. The van der Waals surface area contributed by atoms with Crippen LogP contribution in [0.5, 0.6) is 23.1 Å². The SMILES string of the molecule is [2H]c1cc(C)ccc1OC(=O)c1cc(Cl)c(Oc2cc(Cl)cnc2OC(C)C)cc1F. The van der Waals surface area contributed by atoms with Crippen LogP contribution in [0, 0.1) is 12.7 Å². The molecule has 0 bridgehead atoms. The van der Waals surface area contributed by atoms with Crippen LogP contribution in [0.25, 0.3) is 0 Å². The molecule has 0 aliphatic carbocycles. The molecule has 0 radical (unpaired) electrons. The van der Waals surface area contributed by atoms with Gasteiger partial charge in [-0.15, -0.1) is 0 Å². The smallest absolute Gasteiger partial charge is 0.346 e. The van der Waals surface area contributed by atoms with Gasteiger partial charge in [-0.1, -0.05) is 40.9 Å². The summed E-state index contributed by atoms with van der Waals surface area (Å²) >= 11 is 12.2. The predicted octanol–water partition coefficient (Wildman–Crippen LogP) is 6.63. The highest BCUT2D eigenvalue weighted by atomic mass is 35.5. The van der Waals surface area contributed by atoms with Gasteiger partial charge < -0.3 is 14.2 Å². The first-order valence-electron chi connectivity index (χ1n) is 9.42. The summed E-state index contributed by atoms with van der Waals surface area (Å²) in [4.78, 5) is 16.5. The first-order chi connectivity index (χ1) is 14.6. The van der Waals surface area contributed by atoms with Gasteiger partial charge in [0.2, 0.25) is 0 Å². The Hall–Kier alpha value is -2.83. The minimum atomic E-state index is -0.989. The van der Waals surface area contributed by atoms with Crippen LogP contribution in [-0.2, 0) is 0 Å². The molecule has 0 N–H and O–H groups in total. The fraction of sp³-hybridized carbons (Fsp3) is 0.182. The summed E-state index contributed by atoms with van der Waals surface area (Å²) in [5, 5.41) is 0.242. The lowest BCUT2D eigenvalue weighted by atomic mass is 10.2. The van der Waals surface area contributed by atoms with Crippen LogP contribution < -0.4 is 14.2 Å². The van der Waals surface area contributed by atoms with Gasteiger partial charge >= 0.3 is 5.97 Å². The Balaban J connectivity index is 1.87. The standard InChI is InChI=1S/C22H18Cl2FNO4/c1-12(2)28-21-20(8-14(23)11-26-21)30-19-10-18(25)16(9-17(19)24)22(27)29-15-6-4-13(3)5-7-15/h4-12H,1-3H3/i6D. The topological polar surface area (TPSA) is 57.7 Å². The third kappa shape index (κ3) is 5.40. The number of ether oxygens (including phenoxy) is 3. The highest BCUT2D eigenvalue weighted by Crippen LogP contribution is 2.37. The zero-order chi connectivity index (χ0) is 22.7. The minimum Gasteiger partial charge on any atom is -0.472 e. The summed E-state index contributed by atoms with van der Waals surface area (Å²) in [6.07, 6.45) is 1.20.